The first-order chi connectivity index (χ1) is 9.38. The molecular formula is C14H11Cl3N2O. The number of rotatable bonds is 2. The Balaban J connectivity index is 2.31. The topological polar surface area (TPSA) is 55.1 Å². The van der Waals surface area contributed by atoms with Gasteiger partial charge in [0.05, 0.1) is 21.3 Å². The van der Waals surface area contributed by atoms with Gasteiger partial charge in [-0.25, -0.2) is 0 Å². The van der Waals surface area contributed by atoms with Crippen molar-refractivity contribution in [1.82, 2.24) is 0 Å². The zero-order valence-electron chi connectivity index (χ0n) is 10.5. The van der Waals surface area contributed by atoms with Crippen molar-refractivity contribution in [3.05, 3.63) is 56.5 Å². The molecule has 2 aromatic rings. The minimum atomic E-state index is -0.358. The predicted molar refractivity (Wildman–Crippen MR) is 85.0 cm³/mol. The molecule has 0 radical (unpaired) electrons. The number of amides is 1. The molecule has 104 valence electrons. The third-order valence-corrected chi connectivity index (χ3v) is 3.64. The molecule has 6 heteroatoms. The molecule has 0 aromatic heterocycles. The van der Waals surface area contributed by atoms with Crippen LogP contribution in [0.1, 0.15) is 15.9 Å². The van der Waals surface area contributed by atoms with Gasteiger partial charge in [-0.05, 0) is 42.8 Å². The fourth-order valence-corrected chi connectivity index (χ4v) is 2.39. The van der Waals surface area contributed by atoms with Crippen LogP contribution < -0.4 is 11.1 Å². The van der Waals surface area contributed by atoms with Gasteiger partial charge in [0, 0.05) is 10.7 Å². The molecule has 0 spiro atoms. The van der Waals surface area contributed by atoms with E-state index in [-0.39, 0.29) is 16.5 Å². The van der Waals surface area contributed by atoms with Gasteiger partial charge in [0.1, 0.15) is 0 Å². The van der Waals surface area contributed by atoms with Gasteiger partial charge in [-0.2, -0.15) is 0 Å². The molecule has 0 atom stereocenters. The van der Waals surface area contributed by atoms with Crippen molar-refractivity contribution < 1.29 is 4.79 Å². The van der Waals surface area contributed by atoms with Gasteiger partial charge in [-0.15, -0.1) is 0 Å². The first-order valence-corrected chi connectivity index (χ1v) is 6.84. The molecule has 2 rings (SSSR count). The summed E-state index contributed by atoms with van der Waals surface area (Å²) in [4.78, 5) is 12.2. The van der Waals surface area contributed by atoms with Crippen LogP contribution in [0.3, 0.4) is 0 Å². The minimum Gasteiger partial charge on any atom is -0.398 e. The lowest BCUT2D eigenvalue weighted by Crippen LogP contribution is -2.13. The summed E-state index contributed by atoms with van der Waals surface area (Å²) in [5, 5.41) is 3.92. The molecule has 0 bridgehead atoms. The zero-order valence-corrected chi connectivity index (χ0v) is 12.8. The summed E-state index contributed by atoms with van der Waals surface area (Å²) in [7, 11) is 0. The fourth-order valence-electron chi connectivity index (χ4n) is 1.70. The quantitative estimate of drug-likeness (QED) is 0.778. The molecular weight excluding hydrogens is 319 g/mol. The Morgan fingerprint density at radius 2 is 1.80 bits per heavy atom. The third-order valence-electron chi connectivity index (χ3n) is 2.77. The summed E-state index contributed by atoms with van der Waals surface area (Å²) in [5.74, 6) is -0.358. The summed E-state index contributed by atoms with van der Waals surface area (Å²) >= 11 is 17.7. The third kappa shape index (κ3) is 3.18. The van der Waals surface area contributed by atoms with Gasteiger partial charge in [-0.1, -0.05) is 34.8 Å². The van der Waals surface area contributed by atoms with Crippen molar-refractivity contribution in [2.45, 2.75) is 6.92 Å². The van der Waals surface area contributed by atoms with E-state index in [4.69, 9.17) is 40.5 Å². The maximum absolute atomic E-state index is 12.2. The van der Waals surface area contributed by atoms with E-state index in [1.165, 1.54) is 12.1 Å². The van der Waals surface area contributed by atoms with E-state index in [0.717, 1.165) is 5.56 Å². The normalized spacial score (nSPS) is 10.4. The van der Waals surface area contributed by atoms with Gasteiger partial charge < -0.3 is 11.1 Å². The van der Waals surface area contributed by atoms with Crippen LogP contribution >= 0.6 is 34.8 Å². The molecule has 0 aliphatic carbocycles. The molecule has 0 heterocycles. The molecule has 0 unspecified atom stereocenters. The van der Waals surface area contributed by atoms with Crippen molar-refractivity contribution in [2.24, 2.45) is 0 Å². The van der Waals surface area contributed by atoms with E-state index in [1.54, 1.807) is 18.2 Å². The Labute approximate surface area is 131 Å². The molecule has 0 aliphatic heterocycles. The van der Waals surface area contributed by atoms with Crippen LogP contribution in [0.5, 0.6) is 0 Å². The standard InChI is InChI=1S/C14H11Cl3N2O/c1-7-4-8(15)2-3-13(7)19-14(20)9-5-12(18)11(17)6-10(9)16/h2-6H,18H2,1H3,(H,19,20). The van der Waals surface area contributed by atoms with Crippen molar-refractivity contribution in [2.75, 3.05) is 11.1 Å². The van der Waals surface area contributed by atoms with Crippen LogP contribution in [0.15, 0.2) is 30.3 Å². The second kappa shape index (κ2) is 5.92. The summed E-state index contributed by atoms with van der Waals surface area (Å²) in [6, 6.07) is 8.08. The number of benzene rings is 2. The second-order valence-corrected chi connectivity index (χ2v) is 5.52. The Kier molecular flexibility index (Phi) is 4.43. The number of nitrogens with two attached hydrogens (primary N) is 1. The van der Waals surface area contributed by atoms with Crippen LogP contribution in [-0.4, -0.2) is 5.91 Å². The van der Waals surface area contributed by atoms with Gasteiger partial charge in [0.2, 0.25) is 0 Å². The first-order valence-electron chi connectivity index (χ1n) is 5.70. The number of anilines is 2. The number of hydrogen-bond acceptors (Lipinski definition) is 2. The number of nitrogens with one attached hydrogen (secondary N) is 1. The number of carbonyl (C=O) groups is 1. The van der Waals surface area contributed by atoms with E-state index in [0.29, 0.717) is 21.4 Å². The van der Waals surface area contributed by atoms with E-state index < -0.39 is 0 Å². The van der Waals surface area contributed by atoms with Crippen LogP contribution in [-0.2, 0) is 0 Å². The Hall–Kier alpha value is -1.42. The molecule has 0 fully saturated rings. The number of carbonyl (C=O) groups excluding carboxylic acids is 1. The van der Waals surface area contributed by atoms with Gasteiger partial charge in [0.15, 0.2) is 0 Å². The second-order valence-electron chi connectivity index (χ2n) is 4.27. The Bertz CT molecular complexity index is 686. The lowest BCUT2D eigenvalue weighted by molar-refractivity contribution is 0.102. The van der Waals surface area contributed by atoms with Gasteiger partial charge in [-0.3, -0.25) is 4.79 Å². The first kappa shape index (κ1) is 15.0. The molecule has 2 aromatic carbocycles. The molecule has 3 nitrogen and oxygen atoms in total. The SMILES string of the molecule is Cc1cc(Cl)ccc1NC(=O)c1cc(N)c(Cl)cc1Cl. The van der Waals surface area contributed by atoms with E-state index >= 15 is 0 Å². The fraction of sp³-hybridized carbons (Fsp3) is 0.0714. The van der Waals surface area contributed by atoms with Crippen molar-refractivity contribution >= 4 is 52.1 Å². The number of halogens is 3. The zero-order chi connectivity index (χ0) is 14.9. The van der Waals surface area contributed by atoms with E-state index in [2.05, 4.69) is 5.32 Å². The van der Waals surface area contributed by atoms with Crippen LogP contribution in [0.25, 0.3) is 0 Å². The largest absolute Gasteiger partial charge is 0.398 e. The van der Waals surface area contributed by atoms with Crippen LogP contribution in [0.4, 0.5) is 11.4 Å². The summed E-state index contributed by atoms with van der Waals surface area (Å²) in [5.41, 5.74) is 7.76. The minimum absolute atomic E-state index is 0.244. The maximum atomic E-state index is 12.2. The van der Waals surface area contributed by atoms with Crippen molar-refractivity contribution in [3.8, 4) is 0 Å². The number of nitrogen functional groups attached to an aromatic ring is 1. The van der Waals surface area contributed by atoms with Crippen LogP contribution in [0, 0.1) is 6.92 Å². The summed E-state index contributed by atoms with van der Waals surface area (Å²) in [6.45, 7) is 1.85. The highest BCUT2D eigenvalue weighted by molar-refractivity contribution is 6.38. The number of aryl methyl sites for hydroxylation is 1. The van der Waals surface area contributed by atoms with Gasteiger partial charge in [0.25, 0.3) is 5.91 Å². The highest BCUT2D eigenvalue weighted by atomic mass is 35.5. The average Bonchev–Trinajstić information content (AvgIpc) is 2.37. The number of hydrogen-bond donors (Lipinski definition) is 2. The van der Waals surface area contributed by atoms with E-state index in [9.17, 15) is 4.79 Å². The van der Waals surface area contributed by atoms with Crippen molar-refractivity contribution in [1.29, 1.82) is 0 Å². The maximum Gasteiger partial charge on any atom is 0.257 e. The monoisotopic (exact) mass is 328 g/mol. The highest BCUT2D eigenvalue weighted by Gasteiger charge is 2.14. The highest BCUT2D eigenvalue weighted by Crippen LogP contribution is 2.28. The lowest BCUT2D eigenvalue weighted by Gasteiger charge is -2.11. The summed E-state index contributed by atoms with van der Waals surface area (Å²) < 4.78 is 0. The smallest absolute Gasteiger partial charge is 0.257 e. The summed E-state index contributed by atoms with van der Waals surface area (Å²) in [6.07, 6.45) is 0. The van der Waals surface area contributed by atoms with Crippen LogP contribution in [0.2, 0.25) is 15.1 Å². The van der Waals surface area contributed by atoms with Crippen molar-refractivity contribution in [3.63, 3.8) is 0 Å². The molecule has 20 heavy (non-hydrogen) atoms. The average molecular weight is 330 g/mol. The predicted octanol–water partition coefficient (Wildman–Crippen LogP) is 4.79. The molecule has 0 aliphatic rings. The molecule has 0 saturated heterocycles. The van der Waals surface area contributed by atoms with E-state index in [1.807, 2.05) is 6.92 Å². The molecule has 0 saturated carbocycles. The van der Waals surface area contributed by atoms with Gasteiger partial charge >= 0.3 is 0 Å². The lowest BCUT2D eigenvalue weighted by atomic mass is 10.1. The molecule has 1 amide bonds. The Morgan fingerprint density at radius 1 is 1.10 bits per heavy atom. The molecule has 3 N–H and O–H groups in total. The Morgan fingerprint density at radius 3 is 2.45 bits per heavy atom.